The lowest BCUT2D eigenvalue weighted by atomic mass is 9.95. The smallest absolute Gasteiger partial charge is 0.207 e. The maximum Gasteiger partial charge on any atom is 0.207 e. The molecule has 4 aromatic rings. The van der Waals surface area contributed by atoms with Crippen molar-refractivity contribution in [3.63, 3.8) is 0 Å². The van der Waals surface area contributed by atoms with E-state index in [9.17, 15) is 0 Å². The minimum Gasteiger partial charge on any atom is -0.493 e. The van der Waals surface area contributed by atoms with Crippen molar-refractivity contribution in [1.29, 1.82) is 0 Å². The highest BCUT2D eigenvalue weighted by molar-refractivity contribution is 6.09. The normalized spacial score (nSPS) is 12.9. The fourth-order valence-electron chi connectivity index (χ4n) is 4.48. The molecule has 1 aliphatic heterocycles. The zero-order chi connectivity index (χ0) is 25.5. The highest BCUT2D eigenvalue weighted by atomic mass is 16.5. The summed E-state index contributed by atoms with van der Waals surface area (Å²) >= 11 is 0. The van der Waals surface area contributed by atoms with Gasteiger partial charge < -0.3 is 14.2 Å². The number of allylic oxidation sites excluding steroid dienone is 1. The average molecular weight is 491 g/mol. The maximum absolute atomic E-state index is 6.20. The zero-order valence-corrected chi connectivity index (χ0v) is 21.4. The van der Waals surface area contributed by atoms with Gasteiger partial charge in [-0.25, -0.2) is 4.58 Å². The molecule has 0 spiro atoms. The minimum absolute atomic E-state index is 0.496. The molecular formula is C33H32NO3+. The third-order valence-electron chi connectivity index (χ3n) is 6.59. The van der Waals surface area contributed by atoms with Crippen LogP contribution in [0.1, 0.15) is 27.8 Å². The molecular weight excluding hydrogens is 458 g/mol. The third kappa shape index (κ3) is 6.10. The van der Waals surface area contributed by atoms with E-state index in [0.717, 1.165) is 52.6 Å². The number of hydrogen-bond acceptors (Lipinski definition) is 3. The lowest BCUT2D eigenvalue weighted by Crippen LogP contribution is -2.26. The number of likely N-dealkylation sites (N-methyl/N-ethyl adjacent to an activating group) is 1. The van der Waals surface area contributed by atoms with Crippen LogP contribution in [0.25, 0.3) is 6.08 Å². The monoisotopic (exact) mass is 490 g/mol. The van der Waals surface area contributed by atoms with Crippen molar-refractivity contribution in [1.82, 2.24) is 0 Å². The van der Waals surface area contributed by atoms with Crippen LogP contribution in [0.2, 0.25) is 0 Å². The lowest BCUT2D eigenvalue weighted by molar-refractivity contribution is -0.497. The van der Waals surface area contributed by atoms with Crippen molar-refractivity contribution < 1.29 is 18.8 Å². The molecule has 1 aliphatic rings. The molecule has 0 saturated carbocycles. The molecule has 4 nitrogen and oxygen atoms in total. The molecule has 0 radical (unpaired) electrons. The van der Waals surface area contributed by atoms with Gasteiger partial charge >= 0.3 is 0 Å². The molecule has 37 heavy (non-hydrogen) atoms. The molecule has 5 rings (SSSR count). The second kappa shape index (κ2) is 11.6. The number of rotatable bonds is 9. The van der Waals surface area contributed by atoms with Crippen LogP contribution < -0.4 is 14.2 Å². The molecule has 0 aliphatic carbocycles. The summed E-state index contributed by atoms with van der Waals surface area (Å²) < 4.78 is 20.1. The Hall–Kier alpha value is -4.31. The number of hydrogen-bond donors (Lipinski definition) is 0. The zero-order valence-electron chi connectivity index (χ0n) is 21.4. The summed E-state index contributed by atoms with van der Waals surface area (Å²) in [5.74, 6) is 2.39. The summed E-state index contributed by atoms with van der Waals surface area (Å²) in [6, 6.07) is 32.9. The highest BCUT2D eigenvalue weighted by Gasteiger charge is 2.24. The van der Waals surface area contributed by atoms with Crippen LogP contribution in [0.3, 0.4) is 0 Å². The Kier molecular flexibility index (Phi) is 7.66. The summed E-state index contributed by atoms with van der Waals surface area (Å²) in [4.78, 5) is 0. The highest BCUT2D eigenvalue weighted by Crippen LogP contribution is 2.33. The van der Waals surface area contributed by atoms with Crippen molar-refractivity contribution in [2.45, 2.75) is 19.6 Å². The Labute approximate surface area is 219 Å². The number of fused-ring (bicyclic) bond motifs is 1. The van der Waals surface area contributed by atoms with E-state index < -0.39 is 0 Å². The van der Waals surface area contributed by atoms with E-state index in [1.165, 1.54) is 11.1 Å². The molecule has 0 unspecified atom stereocenters. The van der Waals surface area contributed by atoms with E-state index >= 15 is 0 Å². The van der Waals surface area contributed by atoms with Gasteiger partial charge in [-0.2, -0.15) is 0 Å². The summed E-state index contributed by atoms with van der Waals surface area (Å²) in [6.45, 7) is 2.01. The first-order valence-corrected chi connectivity index (χ1v) is 12.6. The van der Waals surface area contributed by atoms with Crippen LogP contribution in [0, 0.1) is 0 Å². The number of methoxy groups -OCH3 is 1. The minimum atomic E-state index is 0.496. The molecule has 4 heteroatoms. The molecule has 0 fully saturated rings. The molecule has 186 valence electrons. The van der Waals surface area contributed by atoms with Gasteiger partial charge in [0, 0.05) is 12.5 Å². The first-order valence-electron chi connectivity index (χ1n) is 12.6. The number of benzene rings is 4. The quantitative estimate of drug-likeness (QED) is 0.249. The first-order chi connectivity index (χ1) is 18.2. The Morgan fingerprint density at radius 3 is 2.03 bits per heavy atom. The van der Waals surface area contributed by atoms with Crippen LogP contribution in [0.4, 0.5) is 0 Å². The van der Waals surface area contributed by atoms with E-state index in [0.29, 0.717) is 13.2 Å². The van der Waals surface area contributed by atoms with Gasteiger partial charge in [-0.1, -0.05) is 72.8 Å². The second-order valence-corrected chi connectivity index (χ2v) is 9.17. The van der Waals surface area contributed by atoms with Crippen LogP contribution >= 0.6 is 0 Å². The summed E-state index contributed by atoms with van der Waals surface area (Å²) in [5, 5.41) is 0. The van der Waals surface area contributed by atoms with Crippen LogP contribution in [0.15, 0.2) is 103 Å². The fourth-order valence-corrected chi connectivity index (χ4v) is 4.48. The summed E-state index contributed by atoms with van der Waals surface area (Å²) in [7, 11) is 3.83. The van der Waals surface area contributed by atoms with Crippen molar-refractivity contribution in [3.8, 4) is 17.2 Å². The van der Waals surface area contributed by atoms with Crippen LogP contribution in [0.5, 0.6) is 17.2 Å². The van der Waals surface area contributed by atoms with Crippen molar-refractivity contribution in [3.05, 3.63) is 131 Å². The van der Waals surface area contributed by atoms with Gasteiger partial charge in [-0.3, -0.25) is 0 Å². The van der Waals surface area contributed by atoms with Crippen LogP contribution in [-0.2, 0) is 19.6 Å². The predicted octanol–water partition coefficient (Wildman–Crippen LogP) is 6.55. The molecule has 0 atom stereocenters. The number of ether oxygens (including phenoxy) is 3. The van der Waals surface area contributed by atoms with Gasteiger partial charge in [-0.15, -0.1) is 0 Å². The Balaban J connectivity index is 1.32. The second-order valence-electron chi connectivity index (χ2n) is 9.17. The third-order valence-corrected chi connectivity index (χ3v) is 6.59. The topological polar surface area (TPSA) is 30.7 Å². The maximum atomic E-state index is 6.20. The van der Waals surface area contributed by atoms with Gasteiger partial charge in [-0.05, 0) is 52.6 Å². The number of nitrogens with zero attached hydrogens (tertiary/aromatic N) is 1. The van der Waals surface area contributed by atoms with Gasteiger partial charge in [0.05, 0.1) is 12.7 Å². The molecule has 0 amide bonds. The van der Waals surface area contributed by atoms with Crippen molar-refractivity contribution in [2.24, 2.45) is 0 Å². The van der Waals surface area contributed by atoms with Crippen LogP contribution in [-0.4, -0.2) is 31.0 Å². The standard InChI is InChI=1S/C33H32NO3/c1-34-20-19-28-21-32(35-2)33(37-24-27-11-7-4-8-12-27)22-30(28)31(34)18-15-25-13-16-29(17-14-25)36-23-26-9-5-3-6-10-26/h3-18,21-22H,19-20,23-24H2,1-2H3/q+1. The Morgan fingerprint density at radius 2 is 1.38 bits per heavy atom. The summed E-state index contributed by atoms with van der Waals surface area (Å²) in [6.07, 6.45) is 5.30. The SMILES string of the molecule is COc1cc2c(cc1OCc1ccccc1)C(C=Cc1ccc(OCc3ccccc3)cc1)=[N+](C)CC2. The van der Waals surface area contributed by atoms with Gasteiger partial charge in [0.2, 0.25) is 5.71 Å². The summed E-state index contributed by atoms with van der Waals surface area (Å²) in [5.41, 5.74) is 7.01. The first kappa shape index (κ1) is 24.4. The largest absolute Gasteiger partial charge is 0.493 e. The van der Waals surface area contributed by atoms with E-state index in [1.807, 2.05) is 48.5 Å². The molecule has 0 bridgehead atoms. The molecule has 0 N–H and O–H groups in total. The van der Waals surface area contributed by atoms with E-state index in [1.54, 1.807) is 7.11 Å². The van der Waals surface area contributed by atoms with E-state index in [2.05, 4.69) is 72.3 Å². The fraction of sp³-hybridized carbons (Fsp3) is 0.182. The molecule has 1 heterocycles. The van der Waals surface area contributed by atoms with Crippen molar-refractivity contribution >= 4 is 11.8 Å². The lowest BCUT2D eigenvalue weighted by Gasteiger charge is -2.19. The van der Waals surface area contributed by atoms with Crippen molar-refractivity contribution in [2.75, 3.05) is 20.7 Å². The van der Waals surface area contributed by atoms with E-state index in [4.69, 9.17) is 14.2 Å². The molecule has 0 saturated heterocycles. The average Bonchev–Trinajstić information content (AvgIpc) is 2.95. The molecule has 0 aromatic heterocycles. The van der Waals surface area contributed by atoms with Gasteiger partial charge in [0.25, 0.3) is 0 Å². The van der Waals surface area contributed by atoms with E-state index in [-0.39, 0.29) is 0 Å². The molecule has 4 aromatic carbocycles. The Bertz CT molecular complexity index is 1390. The van der Waals surface area contributed by atoms with Gasteiger partial charge in [0.1, 0.15) is 32.6 Å². The van der Waals surface area contributed by atoms with Gasteiger partial charge in [0.15, 0.2) is 11.5 Å². The Morgan fingerprint density at radius 1 is 0.730 bits per heavy atom. The predicted molar refractivity (Wildman–Crippen MR) is 149 cm³/mol.